The topological polar surface area (TPSA) is 4.93 Å². The normalized spacial score (nSPS) is 10.9. The Bertz CT molecular complexity index is 673. The summed E-state index contributed by atoms with van der Waals surface area (Å²) in [5.41, 5.74) is 1.94. The third-order valence-corrected chi connectivity index (χ3v) is 3.18. The molecule has 3 aromatic rings. The molecule has 0 spiro atoms. The van der Waals surface area contributed by atoms with E-state index < -0.39 is 0 Å². The van der Waals surface area contributed by atoms with Crippen LogP contribution in [0, 0.1) is 5.82 Å². The quantitative estimate of drug-likeness (QED) is 0.598. The maximum atomic E-state index is 13.3. The summed E-state index contributed by atoms with van der Waals surface area (Å²) in [4.78, 5) is 0. The molecule has 3 rings (SSSR count). The van der Waals surface area contributed by atoms with E-state index in [9.17, 15) is 4.39 Å². The molecular formula is C14H9ClFN. The molecule has 0 fully saturated rings. The van der Waals surface area contributed by atoms with Gasteiger partial charge in [-0.1, -0.05) is 29.8 Å². The summed E-state index contributed by atoms with van der Waals surface area (Å²) >= 11 is 5.94. The Labute approximate surface area is 103 Å². The van der Waals surface area contributed by atoms with Gasteiger partial charge in [0.1, 0.15) is 5.82 Å². The molecule has 3 heteroatoms. The second-order valence-electron chi connectivity index (χ2n) is 3.82. The predicted molar refractivity (Wildman–Crippen MR) is 68.2 cm³/mol. The van der Waals surface area contributed by atoms with Crippen LogP contribution in [0.4, 0.5) is 4.39 Å². The van der Waals surface area contributed by atoms with E-state index in [2.05, 4.69) is 0 Å². The van der Waals surface area contributed by atoms with Gasteiger partial charge in [0.2, 0.25) is 0 Å². The molecule has 84 valence electrons. The van der Waals surface area contributed by atoms with Gasteiger partial charge in [-0.3, -0.25) is 0 Å². The summed E-state index contributed by atoms with van der Waals surface area (Å²) < 4.78 is 15.3. The van der Waals surface area contributed by atoms with Crippen molar-refractivity contribution in [1.82, 2.24) is 4.57 Å². The van der Waals surface area contributed by atoms with Crippen LogP contribution in [0.5, 0.6) is 0 Å². The Balaban J connectivity index is 2.30. The third kappa shape index (κ3) is 1.61. The Hall–Kier alpha value is -1.80. The second kappa shape index (κ2) is 3.90. The van der Waals surface area contributed by atoms with Crippen LogP contribution in [0.2, 0.25) is 5.02 Å². The molecule has 2 aromatic carbocycles. The molecule has 0 amide bonds. The van der Waals surface area contributed by atoms with E-state index in [0.717, 1.165) is 16.6 Å². The van der Waals surface area contributed by atoms with Crippen LogP contribution in [0.3, 0.4) is 0 Å². The van der Waals surface area contributed by atoms with Crippen LogP contribution in [-0.4, -0.2) is 4.57 Å². The number of hydrogen-bond donors (Lipinski definition) is 0. The fourth-order valence-corrected chi connectivity index (χ4v) is 2.19. The van der Waals surface area contributed by atoms with E-state index >= 15 is 0 Å². The summed E-state index contributed by atoms with van der Waals surface area (Å²) in [6.45, 7) is 0. The number of halogens is 2. The highest BCUT2D eigenvalue weighted by Crippen LogP contribution is 2.28. The molecule has 1 nitrogen and oxygen atoms in total. The van der Waals surface area contributed by atoms with Crippen molar-refractivity contribution in [2.75, 3.05) is 0 Å². The summed E-state index contributed by atoms with van der Waals surface area (Å²) in [6.07, 6.45) is 1.89. The number of benzene rings is 2. The Kier molecular flexibility index (Phi) is 2.37. The first-order valence-electron chi connectivity index (χ1n) is 5.28. The maximum Gasteiger partial charge on any atom is 0.142 e. The first kappa shape index (κ1) is 10.4. The highest BCUT2D eigenvalue weighted by molar-refractivity contribution is 6.35. The molecule has 0 saturated carbocycles. The molecule has 0 N–H and O–H groups in total. The van der Waals surface area contributed by atoms with Gasteiger partial charge in [-0.05, 0) is 30.3 Å². The number of fused-ring (bicyclic) bond motifs is 1. The predicted octanol–water partition coefficient (Wildman–Crippen LogP) is 4.42. The van der Waals surface area contributed by atoms with Crippen LogP contribution >= 0.6 is 11.6 Å². The Morgan fingerprint density at radius 1 is 0.941 bits per heavy atom. The lowest BCUT2D eigenvalue weighted by molar-refractivity contribution is 0.630. The largest absolute Gasteiger partial charge is 0.317 e. The van der Waals surface area contributed by atoms with Gasteiger partial charge in [0.15, 0.2) is 0 Å². The minimum atomic E-state index is -0.384. The highest BCUT2D eigenvalue weighted by Gasteiger charge is 2.09. The Morgan fingerprint density at radius 3 is 2.47 bits per heavy atom. The lowest BCUT2D eigenvalue weighted by Crippen LogP contribution is -1.91. The Morgan fingerprint density at radius 2 is 1.71 bits per heavy atom. The first-order valence-corrected chi connectivity index (χ1v) is 5.65. The number of hydrogen-bond acceptors (Lipinski definition) is 0. The average Bonchev–Trinajstić information content (AvgIpc) is 2.79. The standard InChI is InChI=1S/C14H9ClFN/c15-14-11-8-9-17(10-4-2-1-3-5-10)13(11)7-6-12(14)16/h1-9H. The van der Waals surface area contributed by atoms with Gasteiger partial charge in [0.25, 0.3) is 0 Å². The van der Waals surface area contributed by atoms with E-state index in [1.54, 1.807) is 6.07 Å². The smallest absolute Gasteiger partial charge is 0.142 e. The zero-order valence-corrected chi connectivity index (χ0v) is 9.66. The van der Waals surface area contributed by atoms with Crippen LogP contribution in [-0.2, 0) is 0 Å². The minimum Gasteiger partial charge on any atom is -0.317 e. The number of rotatable bonds is 1. The highest BCUT2D eigenvalue weighted by atomic mass is 35.5. The van der Waals surface area contributed by atoms with Gasteiger partial charge in [-0.2, -0.15) is 0 Å². The van der Waals surface area contributed by atoms with Crippen molar-refractivity contribution in [1.29, 1.82) is 0 Å². The van der Waals surface area contributed by atoms with Gasteiger partial charge in [-0.15, -0.1) is 0 Å². The number of aromatic nitrogens is 1. The molecule has 0 aliphatic rings. The monoisotopic (exact) mass is 245 g/mol. The van der Waals surface area contributed by atoms with E-state index in [0.29, 0.717) is 0 Å². The van der Waals surface area contributed by atoms with E-state index in [1.165, 1.54) is 6.07 Å². The van der Waals surface area contributed by atoms with Crippen molar-refractivity contribution < 1.29 is 4.39 Å². The molecule has 0 aliphatic heterocycles. The lowest BCUT2D eigenvalue weighted by Gasteiger charge is -2.05. The molecule has 1 heterocycles. The molecular weight excluding hydrogens is 237 g/mol. The van der Waals surface area contributed by atoms with Crippen LogP contribution in [0.15, 0.2) is 54.7 Å². The molecule has 0 saturated heterocycles. The minimum absolute atomic E-state index is 0.178. The third-order valence-electron chi connectivity index (χ3n) is 2.79. The summed E-state index contributed by atoms with van der Waals surface area (Å²) in [6, 6.07) is 14.8. The van der Waals surface area contributed by atoms with E-state index in [4.69, 9.17) is 11.6 Å². The van der Waals surface area contributed by atoms with Gasteiger partial charge in [-0.25, -0.2) is 4.39 Å². The van der Waals surface area contributed by atoms with Crippen LogP contribution in [0.25, 0.3) is 16.6 Å². The molecule has 0 unspecified atom stereocenters. The molecule has 1 aromatic heterocycles. The summed E-state index contributed by atoms with van der Waals surface area (Å²) in [7, 11) is 0. The lowest BCUT2D eigenvalue weighted by atomic mass is 10.2. The van der Waals surface area contributed by atoms with Crippen molar-refractivity contribution in [3.05, 3.63) is 65.6 Å². The SMILES string of the molecule is Fc1ccc2c(ccn2-c2ccccc2)c1Cl. The first-order chi connectivity index (χ1) is 8.27. The fraction of sp³-hybridized carbons (Fsp3) is 0. The van der Waals surface area contributed by atoms with Crippen molar-refractivity contribution in [3.8, 4) is 5.69 Å². The van der Waals surface area contributed by atoms with Crippen LogP contribution in [0.1, 0.15) is 0 Å². The van der Waals surface area contributed by atoms with Crippen molar-refractivity contribution in [2.45, 2.75) is 0 Å². The van der Waals surface area contributed by atoms with Crippen molar-refractivity contribution in [2.24, 2.45) is 0 Å². The van der Waals surface area contributed by atoms with Gasteiger partial charge < -0.3 is 4.57 Å². The van der Waals surface area contributed by atoms with E-state index in [1.807, 2.05) is 47.2 Å². The van der Waals surface area contributed by atoms with Crippen LogP contribution < -0.4 is 0 Å². The van der Waals surface area contributed by atoms with E-state index in [-0.39, 0.29) is 10.8 Å². The van der Waals surface area contributed by atoms with Crippen molar-refractivity contribution >= 4 is 22.5 Å². The summed E-state index contributed by atoms with van der Waals surface area (Å²) in [5.74, 6) is -0.384. The summed E-state index contributed by atoms with van der Waals surface area (Å²) in [5, 5.41) is 0.910. The fourth-order valence-electron chi connectivity index (χ4n) is 1.97. The molecule has 17 heavy (non-hydrogen) atoms. The maximum absolute atomic E-state index is 13.3. The zero-order valence-electron chi connectivity index (χ0n) is 8.90. The van der Waals surface area contributed by atoms with Gasteiger partial charge in [0.05, 0.1) is 10.5 Å². The second-order valence-corrected chi connectivity index (χ2v) is 4.19. The average molecular weight is 246 g/mol. The molecule has 0 bridgehead atoms. The number of nitrogens with zero attached hydrogens (tertiary/aromatic N) is 1. The van der Waals surface area contributed by atoms with Gasteiger partial charge in [0, 0.05) is 17.3 Å². The number of para-hydroxylation sites is 1. The molecule has 0 atom stereocenters. The molecule has 0 aliphatic carbocycles. The van der Waals surface area contributed by atoms with Crippen molar-refractivity contribution in [3.63, 3.8) is 0 Å². The molecule has 0 radical (unpaired) electrons. The zero-order chi connectivity index (χ0) is 11.8. The van der Waals surface area contributed by atoms with Gasteiger partial charge >= 0.3 is 0 Å².